The normalized spacial score (nSPS) is 12.2. The van der Waals surface area contributed by atoms with Crippen molar-refractivity contribution in [3.63, 3.8) is 0 Å². The molecular formula is C48H28N4S. The first-order valence-electron chi connectivity index (χ1n) is 17.9. The third-order valence-electron chi connectivity index (χ3n) is 10.9. The van der Waals surface area contributed by atoms with Crippen LogP contribution >= 0.6 is 11.3 Å². The van der Waals surface area contributed by atoms with Crippen LogP contribution < -0.4 is 0 Å². The standard InChI is InChI=1S/C48H28N4S/c1-2-15-30-29(14-1)28-41-45(46(30)51-38-23-9-4-16-31(38)32-17-5-10-24-39(32)51)34-19-6-11-25-40(34)52(41)48-33-18-3-8-22-37(33)49-47(50-48)36-21-13-27-43-44(36)35-20-7-12-26-42(35)53-43/h1-28H. The highest BCUT2D eigenvalue weighted by Gasteiger charge is 2.24. The average Bonchev–Trinajstić information content (AvgIpc) is 3.87. The quantitative estimate of drug-likeness (QED) is 0.185. The van der Waals surface area contributed by atoms with Crippen LogP contribution in [0.25, 0.3) is 108 Å². The van der Waals surface area contributed by atoms with Crippen LogP contribution in [0.2, 0.25) is 0 Å². The maximum Gasteiger partial charge on any atom is 0.162 e. The minimum absolute atomic E-state index is 0.724. The highest BCUT2D eigenvalue weighted by Crippen LogP contribution is 2.45. The second-order valence-electron chi connectivity index (χ2n) is 13.7. The lowest BCUT2D eigenvalue weighted by molar-refractivity contribution is 1.08. The molecule has 0 saturated carbocycles. The molecule has 4 heterocycles. The summed E-state index contributed by atoms with van der Waals surface area (Å²) < 4.78 is 7.37. The number of nitrogens with zero attached hydrogens (tertiary/aromatic N) is 4. The van der Waals surface area contributed by atoms with Crippen LogP contribution in [0.15, 0.2) is 170 Å². The smallest absolute Gasteiger partial charge is 0.162 e. The van der Waals surface area contributed by atoms with Crippen LogP contribution in [0.5, 0.6) is 0 Å². The van der Waals surface area contributed by atoms with Crippen molar-refractivity contribution in [2.45, 2.75) is 0 Å². The van der Waals surface area contributed by atoms with Crippen LogP contribution in [-0.2, 0) is 0 Å². The minimum Gasteiger partial charge on any atom is -0.308 e. The van der Waals surface area contributed by atoms with Gasteiger partial charge in [0.15, 0.2) is 5.82 Å². The number of hydrogen-bond acceptors (Lipinski definition) is 3. The molecule has 0 unspecified atom stereocenters. The monoisotopic (exact) mass is 692 g/mol. The van der Waals surface area contributed by atoms with Crippen molar-refractivity contribution in [2.75, 3.05) is 0 Å². The predicted molar refractivity (Wildman–Crippen MR) is 224 cm³/mol. The molecule has 0 fully saturated rings. The fourth-order valence-electron chi connectivity index (χ4n) is 8.70. The second kappa shape index (κ2) is 10.8. The van der Waals surface area contributed by atoms with Gasteiger partial charge in [-0.2, -0.15) is 0 Å². The predicted octanol–water partition coefficient (Wildman–Crippen LogP) is 13.0. The van der Waals surface area contributed by atoms with E-state index in [0.29, 0.717) is 0 Å². The average molecular weight is 693 g/mol. The molecule has 0 saturated heterocycles. The first kappa shape index (κ1) is 28.8. The molecule has 0 aliphatic carbocycles. The van der Waals surface area contributed by atoms with Crippen molar-refractivity contribution in [1.29, 1.82) is 0 Å². The topological polar surface area (TPSA) is 35.6 Å². The molecule has 0 atom stereocenters. The number of hydrogen-bond donors (Lipinski definition) is 0. The van der Waals surface area contributed by atoms with Gasteiger partial charge in [-0.05, 0) is 53.9 Å². The Morgan fingerprint density at radius 2 is 0.981 bits per heavy atom. The summed E-state index contributed by atoms with van der Waals surface area (Å²) in [5.74, 6) is 1.60. The summed E-state index contributed by atoms with van der Waals surface area (Å²) in [6.45, 7) is 0. The molecule has 4 aromatic heterocycles. The zero-order valence-electron chi connectivity index (χ0n) is 28.4. The van der Waals surface area contributed by atoms with Crippen molar-refractivity contribution in [3.8, 4) is 22.9 Å². The van der Waals surface area contributed by atoms with Crippen molar-refractivity contribution < 1.29 is 0 Å². The zero-order chi connectivity index (χ0) is 34.6. The second-order valence-corrected chi connectivity index (χ2v) is 14.8. The lowest BCUT2D eigenvalue weighted by Gasteiger charge is -2.16. The molecule has 0 N–H and O–H groups in total. The van der Waals surface area contributed by atoms with E-state index in [1.807, 2.05) is 11.3 Å². The van der Waals surface area contributed by atoms with Crippen molar-refractivity contribution in [1.82, 2.24) is 19.1 Å². The van der Waals surface area contributed by atoms with Gasteiger partial charge in [0.25, 0.3) is 0 Å². The summed E-state index contributed by atoms with van der Waals surface area (Å²) in [4.78, 5) is 10.8. The molecule has 0 aliphatic rings. The van der Waals surface area contributed by atoms with Crippen LogP contribution in [0, 0.1) is 0 Å². The van der Waals surface area contributed by atoms with E-state index in [2.05, 4.69) is 179 Å². The van der Waals surface area contributed by atoms with Crippen molar-refractivity contribution in [2.24, 2.45) is 0 Å². The molecule has 53 heavy (non-hydrogen) atoms. The van der Waals surface area contributed by atoms with E-state index in [4.69, 9.17) is 9.97 Å². The number of thiophene rings is 1. The van der Waals surface area contributed by atoms with E-state index in [1.54, 1.807) is 0 Å². The number of benzene rings is 8. The highest BCUT2D eigenvalue weighted by molar-refractivity contribution is 7.25. The molecule has 0 radical (unpaired) electrons. The van der Waals surface area contributed by atoms with Crippen LogP contribution in [-0.4, -0.2) is 19.1 Å². The molecule has 8 aromatic carbocycles. The molecule has 0 aliphatic heterocycles. The van der Waals surface area contributed by atoms with Crippen molar-refractivity contribution in [3.05, 3.63) is 170 Å². The van der Waals surface area contributed by atoms with Crippen molar-refractivity contribution >= 4 is 96.8 Å². The summed E-state index contributed by atoms with van der Waals surface area (Å²) in [5.41, 5.74) is 7.73. The molecule has 0 spiro atoms. The van der Waals surface area contributed by atoms with E-state index in [0.717, 1.165) is 39.1 Å². The van der Waals surface area contributed by atoms with E-state index in [-0.39, 0.29) is 0 Å². The highest BCUT2D eigenvalue weighted by atomic mass is 32.1. The summed E-state index contributed by atoms with van der Waals surface area (Å²) in [6.07, 6.45) is 0. The van der Waals surface area contributed by atoms with Gasteiger partial charge in [0, 0.05) is 58.1 Å². The van der Waals surface area contributed by atoms with Crippen LogP contribution in [0.3, 0.4) is 0 Å². The summed E-state index contributed by atoms with van der Waals surface area (Å²) >= 11 is 1.82. The SMILES string of the molecule is c1ccc2c(-n3c4ccccc4c4ccccc43)c3c4ccccc4n(-c4nc(-c5cccc6sc7ccccc7c56)nc5ccccc45)c3cc2c1. The Hall–Kier alpha value is -6.82. The van der Waals surface area contributed by atoms with E-state index < -0.39 is 0 Å². The van der Waals surface area contributed by atoms with Gasteiger partial charge in [0.05, 0.1) is 33.3 Å². The maximum absolute atomic E-state index is 5.57. The van der Waals surface area contributed by atoms with Crippen LogP contribution in [0.1, 0.15) is 0 Å². The Morgan fingerprint density at radius 3 is 1.75 bits per heavy atom. The Morgan fingerprint density at radius 1 is 0.396 bits per heavy atom. The lowest BCUT2D eigenvalue weighted by atomic mass is 10.0. The van der Waals surface area contributed by atoms with Gasteiger partial charge < -0.3 is 4.57 Å². The van der Waals surface area contributed by atoms with Gasteiger partial charge in [0.1, 0.15) is 5.82 Å². The Labute approximate surface area is 307 Å². The molecule has 0 bridgehead atoms. The Kier molecular flexibility index (Phi) is 5.90. The fourth-order valence-corrected chi connectivity index (χ4v) is 9.83. The van der Waals surface area contributed by atoms with Gasteiger partial charge in [0.2, 0.25) is 0 Å². The molecular weight excluding hydrogens is 665 g/mol. The van der Waals surface area contributed by atoms with Gasteiger partial charge in [-0.15, -0.1) is 11.3 Å². The largest absolute Gasteiger partial charge is 0.308 e. The van der Waals surface area contributed by atoms with Gasteiger partial charge >= 0.3 is 0 Å². The molecule has 12 rings (SSSR count). The minimum atomic E-state index is 0.724. The van der Waals surface area contributed by atoms with E-state index >= 15 is 0 Å². The van der Waals surface area contributed by atoms with E-state index in [9.17, 15) is 0 Å². The Balaban J connectivity index is 1.26. The molecule has 12 aromatic rings. The van der Waals surface area contributed by atoms with Gasteiger partial charge in [-0.25, -0.2) is 9.97 Å². The first-order valence-corrected chi connectivity index (χ1v) is 18.7. The van der Waals surface area contributed by atoms with Gasteiger partial charge in [-0.1, -0.05) is 121 Å². The molecule has 4 nitrogen and oxygen atoms in total. The fraction of sp³-hybridized carbons (Fsp3) is 0. The van der Waals surface area contributed by atoms with Gasteiger partial charge in [-0.3, -0.25) is 4.57 Å². The maximum atomic E-state index is 5.57. The molecule has 0 amide bonds. The number of fused-ring (bicyclic) bond motifs is 11. The Bertz CT molecular complexity index is 3420. The third-order valence-corrected chi connectivity index (χ3v) is 12.0. The number of aromatic nitrogens is 4. The van der Waals surface area contributed by atoms with Crippen LogP contribution in [0.4, 0.5) is 0 Å². The summed E-state index contributed by atoms with van der Waals surface area (Å²) in [6, 6.07) is 61.1. The summed E-state index contributed by atoms with van der Waals surface area (Å²) in [5, 5.41) is 10.7. The third kappa shape index (κ3) is 4.00. The number of rotatable bonds is 3. The number of para-hydroxylation sites is 4. The molecule has 246 valence electrons. The summed E-state index contributed by atoms with van der Waals surface area (Å²) in [7, 11) is 0. The first-order chi connectivity index (χ1) is 26.3. The van der Waals surface area contributed by atoms with E-state index in [1.165, 1.54) is 69.2 Å². The zero-order valence-corrected chi connectivity index (χ0v) is 29.2. The lowest BCUT2D eigenvalue weighted by Crippen LogP contribution is -2.03. The molecule has 5 heteroatoms.